The van der Waals surface area contributed by atoms with E-state index in [1.807, 2.05) is 11.4 Å². The highest BCUT2D eigenvalue weighted by molar-refractivity contribution is 7.10. The standard InChI is InChI=1S/C13H13NO3S/c15-8-2-1-3-10(11(16)6-8)14-7-12-9(13(14)17)4-5-18-12/h4-5,10H,1-3,6-7H2/t10-/m0/s1. The summed E-state index contributed by atoms with van der Waals surface area (Å²) in [5.41, 5.74) is 0.725. The van der Waals surface area contributed by atoms with Gasteiger partial charge in [0, 0.05) is 11.3 Å². The molecular formula is C13H13NO3S. The molecule has 94 valence electrons. The number of fused-ring (bicyclic) bond motifs is 1. The molecule has 1 aromatic heterocycles. The lowest BCUT2D eigenvalue weighted by Gasteiger charge is -2.25. The largest absolute Gasteiger partial charge is 0.323 e. The quantitative estimate of drug-likeness (QED) is 0.573. The summed E-state index contributed by atoms with van der Waals surface area (Å²) in [4.78, 5) is 38.3. The van der Waals surface area contributed by atoms with E-state index in [0.29, 0.717) is 25.8 Å². The molecule has 1 aliphatic carbocycles. The number of Topliss-reactive ketones (excluding diaryl/α,β-unsaturated/α-hetero) is 2. The summed E-state index contributed by atoms with van der Waals surface area (Å²) >= 11 is 1.55. The number of rotatable bonds is 1. The number of hydrogen-bond acceptors (Lipinski definition) is 4. The van der Waals surface area contributed by atoms with E-state index < -0.39 is 6.04 Å². The van der Waals surface area contributed by atoms with E-state index in [1.165, 1.54) is 0 Å². The van der Waals surface area contributed by atoms with Crippen molar-refractivity contribution >= 4 is 28.8 Å². The third-order valence-corrected chi connectivity index (χ3v) is 4.51. The molecule has 0 bridgehead atoms. The third kappa shape index (κ3) is 1.79. The molecular weight excluding hydrogens is 250 g/mol. The monoisotopic (exact) mass is 263 g/mol. The second kappa shape index (κ2) is 4.31. The summed E-state index contributed by atoms with van der Waals surface area (Å²) in [5.74, 6) is -0.149. The van der Waals surface area contributed by atoms with Gasteiger partial charge >= 0.3 is 0 Å². The van der Waals surface area contributed by atoms with Gasteiger partial charge in [0.25, 0.3) is 5.91 Å². The number of ketones is 2. The van der Waals surface area contributed by atoms with Crippen LogP contribution in [-0.4, -0.2) is 28.4 Å². The van der Waals surface area contributed by atoms with Crippen LogP contribution in [0.25, 0.3) is 0 Å². The molecule has 4 nitrogen and oxygen atoms in total. The van der Waals surface area contributed by atoms with E-state index in [4.69, 9.17) is 0 Å². The summed E-state index contributed by atoms with van der Waals surface area (Å²) in [7, 11) is 0. The topological polar surface area (TPSA) is 54.5 Å². The van der Waals surface area contributed by atoms with Gasteiger partial charge in [-0.25, -0.2) is 0 Å². The molecule has 0 radical (unpaired) electrons. The first-order valence-corrected chi connectivity index (χ1v) is 6.96. The van der Waals surface area contributed by atoms with E-state index in [1.54, 1.807) is 16.2 Å². The van der Waals surface area contributed by atoms with Gasteiger partial charge < -0.3 is 4.90 Å². The van der Waals surface area contributed by atoms with E-state index in [2.05, 4.69) is 0 Å². The van der Waals surface area contributed by atoms with Gasteiger partial charge in [0.05, 0.1) is 24.6 Å². The zero-order chi connectivity index (χ0) is 12.7. The Labute approximate surface area is 109 Å². The molecule has 1 atom stereocenters. The molecule has 3 rings (SSSR count). The van der Waals surface area contributed by atoms with Gasteiger partial charge in [0.1, 0.15) is 5.78 Å². The fourth-order valence-corrected chi connectivity index (χ4v) is 3.53. The first-order chi connectivity index (χ1) is 8.66. The van der Waals surface area contributed by atoms with Gasteiger partial charge in [-0.05, 0) is 24.3 Å². The fourth-order valence-electron chi connectivity index (χ4n) is 2.67. The van der Waals surface area contributed by atoms with Gasteiger partial charge in [-0.2, -0.15) is 0 Å². The van der Waals surface area contributed by atoms with Crippen molar-refractivity contribution in [3.63, 3.8) is 0 Å². The van der Waals surface area contributed by atoms with Crippen molar-refractivity contribution in [3.05, 3.63) is 21.9 Å². The van der Waals surface area contributed by atoms with Gasteiger partial charge in [-0.15, -0.1) is 11.3 Å². The van der Waals surface area contributed by atoms with Gasteiger partial charge in [0.2, 0.25) is 0 Å². The highest BCUT2D eigenvalue weighted by Gasteiger charge is 2.38. The molecule has 0 saturated heterocycles. The molecule has 2 aliphatic rings. The highest BCUT2D eigenvalue weighted by Crippen LogP contribution is 2.31. The molecule has 0 unspecified atom stereocenters. The zero-order valence-electron chi connectivity index (χ0n) is 9.85. The van der Waals surface area contributed by atoms with E-state index in [-0.39, 0.29) is 23.9 Å². The van der Waals surface area contributed by atoms with Crippen LogP contribution >= 0.6 is 11.3 Å². The minimum atomic E-state index is -0.399. The maximum atomic E-state index is 12.2. The van der Waals surface area contributed by atoms with Crippen molar-refractivity contribution < 1.29 is 14.4 Å². The summed E-state index contributed by atoms with van der Waals surface area (Å²) in [6, 6.07) is 1.41. The van der Waals surface area contributed by atoms with Crippen LogP contribution in [0.5, 0.6) is 0 Å². The Hall–Kier alpha value is -1.49. The fraction of sp³-hybridized carbons (Fsp3) is 0.462. The van der Waals surface area contributed by atoms with Gasteiger partial charge in [0.15, 0.2) is 5.78 Å². The molecule has 0 aromatic carbocycles. The minimum absolute atomic E-state index is 0.00363. The van der Waals surface area contributed by atoms with Crippen LogP contribution in [-0.2, 0) is 16.1 Å². The van der Waals surface area contributed by atoms with Gasteiger partial charge in [-0.3, -0.25) is 14.4 Å². The maximum Gasteiger partial charge on any atom is 0.255 e. The molecule has 0 spiro atoms. The lowest BCUT2D eigenvalue weighted by atomic mass is 10.1. The molecule has 2 heterocycles. The first-order valence-electron chi connectivity index (χ1n) is 6.08. The van der Waals surface area contributed by atoms with E-state index in [0.717, 1.165) is 10.4 Å². The average molecular weight is 263 g/mol. The molecule has 1 fully saturated rings. The SMILES string of the molecule is O=C1CCC[C@H](N2Cc3sccc3C2=O)C(=O)C1. The van der Waals surface area contributed by atoms with Crippen molar-refractivity contribution in [3.8, 4) is 0 Å². The Kier molecular flexibility index (Phi) is 2.78. The van der Waals surface area contributed by atoms with Crippen LogP contribution in [0.3, 0.4) is 0 Å². The number of nitrogens with zero attached hydrogens (tertiary/aromatic N) is 1. The van der Waals surface area contributed by atoms with Crippen molar-refractivity contribution in [1.82, 2.24) is 4.90 Å². The van der Waals surface area contributed by atoms with Crippen LogP contribution in [0.4, 0.5) is 0 Å². The van der Waals surface area contributed by atoms with Gasteiger partial charge in [-0.1, -0.05) is 0 Å². The lowest BCUT2D eigenvalue weighted by Crippen LogP contribution is -2.41. The van der Waals surface area contributed by atoms with E-state index >= 15 is 0 Å². The lowest BCUT2D eigenvalue weighted by molar-refractivity contribution is -0.128. The second-order valence-corrected chi connectivity index (χ2v) is 5.78. The second-order valence-electron chi connectivity index (χ2n) is 4.78. The maximum absolute atomic E-state index is 12.2. The molecule has 1 saturated carbocycles. The van der Waals surface area contributed by atoms with Crippen LogP contribution < -0.4 is 0 Å². The predicted octanol–water partition coefficient (Wildman–Crippen LogP) is 1.78. The normalized spacial score (nSPS) is 24.3. The summed E-state index contributed by atoms with van der Waals surface area (Å²) < 4.78 is 0. The summed E-state index contributed by atoms with van der Waals surface area (Å²) in [6.45, 7) is 0.524. The Morgan fingerprint density at radius 3 is 2.89 bits per heavy atom. The van der Waals surface area contributed by atoms with Crippen molar-refractivity contribution in [2.24, 2.45) is 0 Å². The number of carbonyl (C=O) groups excluding carboxylic acids is 3. The zero-order valence-corrected chi connectivity index (χ0v) is 10.7. The number of hydrogen-bond donors (Lipinski definition) is 0. The molecule has 0 N–H and O–H groups in total. The number of amides is 1. The van der Waals surface area contributed by atoms with Crippen LogP contribution in [0.1, 0.15) is 40.9 Å². The Balaban J connectivity index is 1.84. The van der Waals surface area contributed by atoms with Crippen LogP contribution in [0.15, 0.2) is 11.4 Å². The molecule has 5 heteroatoms. The van der Waals surface area contributed by atoms with Crippen LogP contribution in [0, 0.1) is 0 Å². The Bertz CT molecular complexity index is 534. The molecule has 18 heavy (non-hydrogen) atoms. The predicted molar refractivity (Wildman–Crippen MR) is 66.5 cm³/mol. The average Bonchev–Trinajstić information content (AvgIpc) is 2.84. The van der Waals surface area contributed by atoms with Crippen molar-refractivity contribution in [2.45, 2.75) is 38.3 Å². The number of thiophene rings is 1. The molecule has 1 aromatic rings. The Morgan fingerprint density at radius 2 is 2.11 bits per heavy atom. The number of carbonyl (C=O) groups is 3. The first kappa shape index (κ1) is 11.6. The summed E-state index contributed by atoms with van der Waals surface area (Å²) in [5, 5.41) is 1.90. The van der Waals surface area contributed by atoms with Crippen molar-refractivity contribution in [2.75, 3.05) is 0 Å². The van der Waals surface area contributed by atoms with Crippen molar-refractivity contribution in [1.29, 1.82) is 0 Å². The minimum Gasteiger partial charge on any atom is -0.323 e. The molecule has 1 aliphatic heterocycles. The van der Waals surface area contributed by atoms with E-state index in [9.17, 15) is 14.4 Å². The third-order valence-electron chi connectivity index (χ3n) is 3.60. The highest BCUT2D eigenvalue weighted by atomic mass is 32.1. The molecule has 1 amide bonds. The Morgan fingerprint density at radius 1 is 1.28 bits per heavy atom. The smallest absolute Gasteiger partial charge is 0.255 e. The van der Waals surface area contributed by atoms with Crippen LogP contribution in [0.2, 0.25) is 0 Å². The summed E-state index contributed by atoms with van der Waals surface area (Å²) in [6.07, 6.45) is 1.77.